The summed E-state index contributed by atoms with van der Waals surface area (Å²) in [7, 11) is 0. The van der Waals surface area contributed by atoms with Crippen LogP contribution in [0.25, 0.3) is 0 Å². The van der Waals surface area contributed by atoms with E-state index in [0.29, 0.717) is 13.2 Å². The molecule has 4 nitrogen and oxygen atoms in total. The van der Waals surface area contributed by atoms with Crippen molar-refractivity contribution in [3.05, 3.63) is 58.7 Å². The van der Waals surface area contributed by atoms with Gasteiger partial charge in [0.25, 0.3) is 0 Å². The zero-order valence-corrected chi connectivity index (χ0v) is 14.9. The van der Waals surface area contributed by atoms with Gasteiger partial charge in [-0.25, -0.2) is 4.79 Å². The van der Waals surface area contributed by atoms with Crippen LogP contribution in [0, 0.1) is 20.8 Å². The fraction of sp³-hybridized carbons (Fsp3) is 0.350. The standard InChI is InChI=1S/C20H26N2O2/c1-5-24-18-8-6-17(7-9-18)10-11-21-20(23)22-19-13-15(3)14(2)12-16(19)4/h6-9,12-13H,5,10-11H2,1-4H3,(H2,21,22,23). The van der Waals surface area contributed by atoms with Crippen molar-refractivity contribution in [2.75, 3.05) is 18.5 Å². The molecule has 2 N–H and O–H groups in total. The summed E-state index contributed by atoms with van der Waals surface area (Å²) in [5, 5.41) is 5.82. The maximum Gasteiger partial charge on any atom is 0.319 e. The molecule has 0 saturated heterocycles. The van der Waals surface area contributed by atoms with Gasteiger partial charge < -0.3 is 15.4 Å². The molecule has 0 fully saturated rings. The normalized spacial score (nSPS) is 10.3. The minimum absolute atomic E-state index is 0.174. The zero-order valence-electron chi connectivity index (χ0n) is 14.9. The van der Waals surface area contributed by atoms with Gasteiger partial charge in [-0.15, -0.1) is 0 Å². The molecule has 0 saturated carbocycles. The van der Waals surface area contributed by atoms with Gasteiger partial charge in [0.1, 0.15) is 5.75 Å². The number of rotatable bonds is 6. The molecule has 4 heteroatoms. The number of aryl methyl sites for hydroxylation is 3. The average molecular weight is 326 g/mol. The second-order valence-electron chi connectivity index (χ2n) is 5.96. The van der Waals surface area contributed by atoms with Gasteiger partial charge in [-0.2, -0.15) is 0 Å². The Balaban J connectivity index is 1.82. The van der Waals surface area contributed by atoms with Crippen molar-refractivity contribution in [2.45, 2.75) is 34.1 Å². The number of anilines is 1. The van der Waals surface area contributed by atoms with Crippen LogP contribution in [0.4, 0.5) is 10.5 Å². The largest absolute Gasteiger partial charge is 0.494 e. The topological polar surface area (TPSA) is 50.4 Å². The quantitative estimate of drug-likeness (QED) is 0.828. The summed E-state index contributed by atoms with van der Waals surface area (Å²) in [6.45, 7) is 9.34. The van der Waals surface area contributed by atoms with E-state index in [4.69, 9.17) is 4.74 Å². The van der Waals surface area contributed by atoms with Gasteiger partial charge in [0.15, 0.2) is 0 Å². The first-order valence-corrected chi connectivity index (χ1v) is 8.34. The number of benzene rings is 2. The van der Waals surface area contributed by atoms with Crippen molar-refractivity contribution in [1.82, 2.24) is 5.32 Å². The molecule has 2 aromatic rings. The fourth-order valence-corrected chi connectivity index (χ4v) is 2.50. The van der Waals surface area contributed by atoms with Gasteiger partial charge in [0, 0.05) is 12.2 Å². The SMILES string of the molecule is CCOc1ccc(CCNC(=O)Nc2cc(C)c(C)cc2C)cc1. The van der Waals surface area contributed by atoms with E-state index in [2.05, 4.69) is 23.6 Å². The first-order chi connectivity index (χ1) is 11.5. The van der Waals surface area contributed by atoms with E-state index >= 15 is 0 Å². The van der Waals surface area contributed by atoms with Crippen LogP contribution in [0.3, 0.4) is 0 Å². The number of ether oxygens (including phenoxy) is 1. The molecular formula is C20H26N2O2. The van der Waals surface area contributed by atoms with Gasteiger partial charge >= 0.3 is 6.03 Å². The number of nitrogens with one attached hydrogen (secondary N) is 2. The molecule has 2 aromatic carbocycles. The van der Waals surface area contributed by atoms with Crippen LogP contribution in [-0.2, 0) is 6.42 Å². The van der Waals surface area contributed by atoms with E-state index in [9.17, 15) is 4.79 Å². The maximum absolute atomic E-state index is 12.0. The van der Waals surface area contributed by atoms with Crippen LogP contribution in [0.2, 0.25) is 0 Å². The molecule has 0 radical (unpaired) electrons. The van der Waals surface area contributed by atoms with Crippen LogP contribution < -0.4 is 15.4 Å². The summed E-state index contributed by atoms with van der Waals surface area (Å²) in [5.41, 5.74) is 5.50. The first-order valence-electron chi connectivity index (χ1n) is 8.34. The molecule has 0 unspecified atom stereocenters. The Kier molecular flexibility index (Phi) is 6.24. The van der Waals surface area contributed by atoms with Crippen molar-refractivity contribution in [3.63, 3.8) is 0 Å². The number of carbonyl (C=O) groups is 1. The lowest BCUT2D eigenvalue weighted by Gasteiger charge is -2.12. The number of hydrogen-bond donors (Lipinski definition) is 2. The van der Waals surface area contributed by atoms with Crippen LogP contribution in [0.15, 0.2) is 36.4 Å². The van der Waals surface area contributed by atoms with Crippen molar-refractivity contribution in [1.29, 1.82) is 0 Å². The monoisotopic (exact) mass is 326 g/mol. The van der Waals surface area contributed by atoms with Crippen molar-refractivity contribution in [3.8, 4) is 5.75 Å². The maximum atomic E-state index is 12.0. The lowest BCUT2D eigenvalue weighted by molar-refractivity contribution is 0.252. The lowest BCUT2D eigenvalue weighted by Crippen LogP contribution is -2.30. The Hall–Kier alpha value is -2.49. The third-order valence-corrected chi connectivity index (χ3v) is 4.02. The molecule has 0 aliphatic carbocycles. The van der Waals surface area contributed by atoms with Gasteiger partial charge in [-0.3, -0.25) is 0 Å². The molecule has 2 amide bonds. The molecule has 24 heavy (non-hydrogen) atoms. The summed E-state index contributed by atoms with van der Waals surface area (Å²) in [4.78, 5) is 12.0. The highest BCUT2D eigenvalue weighted by atomic mass is 16.5. The third-order valence-electron chi connectivity index (χ3n) is 4.02. The predicted octanol–water partition coefficient (Wildman–Crippen LogP) is 4.37. The Morgan fingerprint density at radius 3 is 2.33 bits per heavy atom. The first kappa shape index (κ1) is 17.9. The number of hydrogen-bond acceptors (Lipinski definition) is 2. The predicted molar refractivity (Wildman–Crippen MR) is 99.0 cm³/mol. The summed E-state index contributed by atoms with van der Waals surface area (Å²) in [6.07, 6.45) is 0.783. The Bertz CT molecular complexity index is 694. The molecule has 128 valence electrons. The zero-order chi connectivity index (χ0) is 17.5. The van der Waals surface area contributed by atoms with E-state index in [1.54, 1.807) is 0 Å². The van der Waals surface area contributed by atoms with E-state index in [0.717, 1.165) is 23.4 Å². The van der Waals surface area contributed by atoms with Crippen LogP contribution in [-0.4, -0.2) is 19.2 Å². The highest BCUT2D eigenvalue weighted by Gasteiger charge is 2.06. The second kappa shape index (κ2) is 8.39. The number of amides is 2. The molecule has 0 aromatic heterocycles. The van der Waals surface area contributed by atoms with E-state index < -0.39 is 0 Å². The summed E-state index contributed by atoms with van der Waals surface area (Å²) in [6, 6.07) is 11.9. The molecule has 0 spiro atoms. The summed E-state index contributed by atoms with van der Waals surface area (Å²) < 4.78 is 5.42. The third kappa shape index (κ3) is 5.01. The van der Waals surface area contributed by atoms with Gasteiger partial charge in [0.2, 0.25) is 0 Å². The highest BCUT2D eigenvalue weighted by molar-refractivity contribution is 5.90. The van der Waals surface area contributed by atoms with E-state index in [1.807, 2.05) is 51.1 Å². The van der Waals surface area contributed by atoms with Crippen molar-refractivity contribution < 1.29 is 9.53 Å². The Labute approximate surface area is 144 Å². The van der Waals surface area contributed by atoms with E-state index in [-0.39, 0.29) is 6.03 Å². The van der Waals surface area contributed by atoms with E-state index in [1.165, 1.54) is 16.7 Å². The molecule has 0 aliphatic heterocycles. The molecule has 0 heterocycles. The van der Waals surface area contributed by atoms with Gasteiger partial charge in [-0.05, 0) is 74.6 Å². The van der Waals surface area contributed by atoms with Gasteiger partial charge in [-0.1, -0.05) is 18.2 Å². The Morgan fingerprint density at radius 2 is 1.67 bits per heavy atom. The van der Waals surface area contributed by atoms with Crippen LogP contribution in [0.5, 0.6) is 5.75 Å². The highest BCUT2D eigenvalue weighted by Crippen LogP contribution is 2.19. The smallest absolute Gasteiger partial charge is 0.319 e. The minimum Gasteiger partial charge on any atom is -0.494 e. The molecule has 0 atom stereocenters. The summed E-state index contributed by atoms with van der Waals surface area (Å²) in [5.74, 6) is 0.872. The van der Waals surface area contributed by atoms with Crippen molar-refractivity contribution in [2.24, 2.45) is 0 Å². The molecule has 0 aliphatic rings. The summed E-state index contributed by atoms with van der Waals surface area (Å²) >= 11 is 0. The fourth-order valence-electron chi connectivity index (χ4n) is 2.50. The molecular weight excluding hydrogens is 300 g/mol. The lowest BCUT2D eigenvalue weighted by atomic mass is 10.1. The average Bonchev–Trinajstić information content (AvgIpc) is 2.54. The molecule has 0 bridgehead atoms. The minimum atomic E-state index is -0.174. The van der Waals surface area contributed by atoms with Crippen molar-refractivity contribution >= 4 is 11.7 Å². The van der Waals surface area contributed by atoms with Crippen LogP contribution >= 0.6 is 0 Å². The molecule has 2 rings (SSSR count). The Morgan fingerprint density at radius 1 is 1.00 bits per heavy atom. The number of carbonyl (C=O) groups excluding carboxylic acids is 1. The number of urea groups is 1. The van der Waals surface area contributed by atoms with Gasteiger partial charge in [0.05, 0.1) is 6.61 Å². The van der Waals surface area contributed by atoms with Crippen LogP contribution in [0.1, 0.15) is 29.2 Å². The second-order valence-corrected chi connectivity index (χ2v) is 5.96.